The van der Waals surface area contributed by atoms with Crippen molar-refractivity contribution in [2.45, 2.75) is 0 Å². The lowest BCUT2D eigenvalue weighted by atomic mass is 10.6. The van der Waals surface area contributed by atoms with Gasteiger partial charge in [0.25, 0.3) is 0 Å². The van der Waals surface area contributed by atoms with E-state index in [1.807, 2.05) is 22.9 Å². The van der Waals surface area contributed by atoms with Crippen LogP contribution in [0.1, 0.15) is 0 Å². The van der Waals surface area contributed by atoms with Crippen LogP contribution in [0.5, 0.6) is 10.1 Å². The molecule has 0 atom stereocenters. The zero-order valence-corrected chi connectivity index (χ0v) is 11.1. The minimum Gasteiger partial charge on any atom is -0.434 e. The molecule has 5 heteroatoms. The molecule has 0 fully saturated rings. The maximum atomic E-state index is 5.66. The quantitative estimate of drug-likeness (QED) is 0.737. The van der Waals surface area contributed by atoms with Crippen molar-refractivity contribution in [3.05, 3.63) is 31.8 Å². The van der Waals surface area contributed by atoms with Crippen LogP contribution in [-0.4, -0.2) is 0 Å². The summed E-state index contributed by atoms with van der Waals surface area (Å²) in [5.74, 6) is 0. The van der Waals surface area contributed by atoms with Crippen molar-refractivity contribution in [2.24, 2.45) is 0 Å². The van der Waals surface area contributed by atoms with Gasteiger partial charge in [-0.2, -0.15) is 0 Å². The summed E-state index contributed by atoms with van der Waals surface area (Å²) in [4.78, 5) is 0. The van der Waals surface area contributed by atoms with Gasteiger partial charge in [-0.3, -0.25) is 0 Å². The van der Waals surface area contributed by atoms with E-state index in [-0.39, 0.29) is 0 Å². The second-order valence-corrected chi connectivity index (χ2v) is 5.68. The van der Waals surface area contributed by atoms with Crippen LogP contribution in [0.2, 0.25) is 0 Å². The van der Waals surface area contributed by atoms with Crippen LogP contribution >= 0.6 is 54.5 Å². The summed E-state index contributed by atoms with van der Waals surface area (Å²) in [6, 6.07) is 3.95. The Morgan fingerprint density at radius 2 is 1.38 bits per heavy atom. The fourth-order valence-corrected chi connectivity index (χ4v) is 3.46. The van der Waals surface area contributed by atoms with Crippen molar-refractivity contribution >= 4 is 54.5 Å². The lowest BCUT2D eigenvalue weighted by Crippen LogP contribution is -1.76. The van der Waals surface area contributed by atoms with Crippen molar-refractivity contribution in [3.8, 4) is 10.1 Å². The predicted octanol–water partition coefficient (Wildman–Crippen LogP) is 5.13. The van der Waals surface area contributed by atoms with Crippen molar-refractivity contribution in [1.82, 2.24) is 0 Å². The summed E-state index contributed by atoms with van der Waals surface area (Å²) in [5.41, 5.74) is 0. The largest absolute Gasteiger partial charge is 0.434 e. The number of hydrogen-bond donors (Lipinski definition) is 0. The minimum absolute atomic E-state index is 0.892. The molecule has 2 heterocycles. The molecule has 0 aliphatic heterocycles. The summed E-state index contributed by atoms with van der Waals surface area (Å²) in [6.45, 7) is 0. The Bertz CT molecular complexity index is 369. The zero-order valence-electron chi connectivity index (χ0n) is 6.29. The van der Waals surface area contributed by atoms with Crippen LogP contribution in [0.15, 0.2) is 31.8 Å². The lowest BCUT2D eigenvalue weighted by molar-refractivity contribution is 0.505. The van der Waals surface area contributed by atoms with E-state index in [0.29, 0.717) is 0 Å². The van der Waals surface area contributed by atoms with Gasteiger partial charge in [-0.05, 0) is 54.8 Å². The first kappa shape index (κ1) is 9.71. The molecule has 0 saturated heterocycles. The molecule has 0 aliphatic carbocycles. The van der Waals surface area contributed by atoms with Crippen LogP contribution in [0.25, 0.3) is 0 Å². The fourth-order valence-electron chi connectivity index (χ4n) is 0.790. The van der Waals surface area contributed by atoms with E-state index in [1.165, 1.54) is 0 Å². The van der Waals surface area contributed by atoms with Gasteiger partial charge in [-0.25, -0.2) is 0 Å². The van der Waals surface area contributed by atoms with Crippen molar-refractivity contribution in [3.63, 3.8) is 0 Å². The molecular weight excluding hydrogens is 336 g/mol. The summed E-state index contributed by atoms with van der Waals surface area (Å²) in [5, 5.41) is 5.76. The highest BCUT2D eigenvalue weighted by Gasteiger charge is 2.07. The first-order valence-corrected chi connectivity index (χ1v) is 6.76. The molecular formula is C8H4Br2OS2. The van der Waals surface area contributed by atoms with Gasteiger partial charge in [-0.1, -0.05) is 0 Å². The molecule has 0 radical (unpaired) electrons. The Balaban J connectivity index is 2.24. The molecule has 2 rings (SSSR count). The number of ether oxygens (including phenoxy) is 1. The molecule has 0 N–H and O–H groups in total. The number of hydrogen-bond acceptors (Lipinski definition) is 3. The molecule has 0 spiro atoms. The average molecular weight is 340 g/mol. The summed E-state index contributed by atoms with van der Waals surface area (Å²) >= 11 is 9.97. The Labute approximate surface area is 101 Å². The molecule has 0 amide bonds. The van der Waals surface area contributed by atoms with E-state index in [9.17, 15) is 0 Å². The van der Waals surface area contributed by atoms with Crippen molar-refractivity contribution in [1.29, 1.82) is 0 Å². The summed E-state index contributed by atoms with van der Waals surface area (Å²) in [7, 11) is 0. The molecule has 13 heavy (non-hydrogen) atoms. The third-order valence-electron chi connectivity index (χ3n) is 1.35. The van der Waals surface area contributed by atoms with Crippen LogP contribution in [0.4, 0.5) is 0 Å². The van der Waals surface area contributed by atoms with E-state index in [1.54, 1.807) is 22.7 Å². The molecule has 0 unspecified atom stereocenters. The second-order valence-electron chi connectivity index (χ2n) is 2.21. The van der Waals surface area contributed by atoms with Gasteiger partial charge in [0.05, 0.1) is 8.95 Å². The standard InChI is InChI=1S/C8H4Br2OS2/c9-5-1-3-12-7(5)11-8-6(10)2-4-13-8/h1-4H. The molecule has 0 aromatic carbocycles. The number of thiophene rings is 2. The minimum atomic E-state index is 0.892. The normalized spacial score (nSPS) is 10.3. The van der Waals surface area contributed by atoms with E-state index >= 15 is 0 Å². The highest BCUT2D eigenvalue weighted by atomic mass is 79.9. The third kappa shape index (κ3) is 2.15. The smallest absolute Gasteiger partial charge is 0.196 e. The van der Waals surface area contributed by atoms with Gasteiger partial charge in [0, 0.05) is 0 Å². The van der Waals surface area contributed by atoms with Crippen LogP contribution in [0, 0.1) is 0 Å². The van der Waals surface area contributed by atoms with Gasteiger partial charge in [-0.15, -0.1) is 22.7 Å². The van der Waals surface area contributed by atoms with Gasteiger partial charge in [0.2, 0.25) is 0 Å². The molecule has 68 valence electrons. The van der Waals surface area contributed by atoms with E-state index in [0.717, 1.165) is 19.1 Å². The summed E-state index contributed by atoms with van der Waals surface area (Å²) < 4.78 is 7.66. The lowest BCUT2D eigenvalue weighted by Gasteiger charge is -2.00. The van der Waals surface area contributed by atoms with Crippen LogP contribution in [-0.2, 0) is 0 Å². The number of rotatable bonds is 2. The molecule has 0 bridgehead atoms. The van der Waals surface area contributed by atoms with Crippen LogP contribution in [0.3, 0.4) is 0 Å². The highest BCUT2D eigenvalue weighted by molar-refractivity contribution is 9.11. The monoisotopic (exact) mass is 338 g/mol. The molecule has 0 saturated carbocycles. The molecule has 0 aliphatic rings. The number of halogens is 2. The average Bonchev–Trinajstić information content (AvgIpc) is 2.65. The Morgan fingerprint density at radius 1 is 0.923 bits per heavy atom. The fraction of sp³-hybridized carbons (Fsp3) is 0. The first-order chi connectivity index (χ1) is 6.27. The first-order valence-electron chi connectivity index (χ1n) is 3.41. The second kappa shape index (κ2) is 4.13. The molecule has 2 aromatic rings. The Hall–Kier alpha value is 0.160. The van der Waals surface area contributed by atoms with Gasteiger partial charge < -0.3 is 4.74 Å². The van der Waals surface area contributed by atoms with E-state index < -0.39 is 0 Å². The van der Waals surface area contributed by atoms with Gasteiger partial charge in [0.15, 0.2) is 10.1 Å². The summed E-state index contributed by atoms with van der Waals surface area (Å²) in [6.07, 6.45) is 0. The van der Waals surface area contributed by atoms with Crippen molar-refractivity contribution < 1.29 is 4.74 Å². The zero-order chi connectivity index (χ0) is 9.26. The van der Waals surface area contributed by atoms with Crippen molar-refractivity contribution in [2.75, 3.05) is 0 Å². The Kier molecular flexibility index (Phi) is 3.08. The SMILES string of the molecule is Brc1ccsc1Oc1sccc1Br. The molecule has 2 aromatic heterocycles. The van der Waals surface area contributed by atoms with Gasteiger partial charge in [0.1, 0.15) is 0 Å². The predicted molar refractivity (Wildman–Crippen MR) is 64.1 cm³/mol. The highest BCUT2D eigenvalue weighted by Crippen LogP contribution is 2.40. The maximum absolute atomic E-state index is 5.66. The van der Waals surface area contributed by atoms with Gasteiger partial charge >= 0.3 is 0 Å². The Morgan fingerprint density at radius 3 is 1.69 bits per heavy atom. The topological polar surface area (TPSA) is 9.23 Å². The van der Waals surface area contributed by atoms with E-state index in [2.05, 4.69) is 31.9 Å². The third-order valence-corrected chi connectivity index (χ3v) is 4.71. The van der Waals surface area contributed by atoms with E-state index in [4.69, 9.17) is 4.74 Å². The maximum Gasteiger partial charge on any atom is 0.196 e. The van der Waals surface area contributed by atoms with Crippen LogP contribution < -0.4 is 4.74 Å². The molecule has 1 nitrogen and oxygen atoms in total.